The maximum absolute atomic E-state index is 11.9. The summed E-state index contributed by atoms with van der Waals surface area (Å²) in [6.07, 6.45) is 4.96. The van der Waals surface area contributed by atoms with E-state index in [0.717, 1.165) is 22.8 Å². The van der Waals surface area contributed by atoms with E-state index in [1.165, 1.54) is 5.56 Å². The largest absolute Gasteiger partial charge is 0.497 e. The predicted octanol–water partition coefficient (Wildman–Crippen LogP) is 2.31. The van der Waals surface area contributed by atoms with Crippen LogP contribution < -0.4 is 10.1 Å². The number of benzene rings is 1. The normalized spacial score (nSPS) is 10.8. The first-order chi connectivity index (χ1) is 10.7. The van der Waals surface area contributed by atoms with Crippen molar-refractivity contribution in [2.45, 2.75) is 12.8 Å². The molecule has 2 heterocycles. The standard InChI is InChI=1S/C16H17N3O2S/c1-21-14-4-2-12(3-5-14)6-7-17-15(20)10-13-11-19-8-9-22-16(19)18-13/h2-5,8-9,11H,6-7,10H2,1H3,(H,17,20). The molecule has 22 heavy (non-hydrogen) atoms. The average Bonchev–Trinajstić information content (AvgIpc) is 3.09. The molecule has 5 nitrogen and oxygen atoms in total. The monoisotopic (exact) mass is 315 g/mol. The fourth-order valence-corrected chi connectivity index (χ4v) is 2.95. The number of thiazole rings is 1. The fraction of sp³-hybridized carbons (Fsp3) is 0.250. The Labute approximate surface area is 132 Å². The van der Waals surface area contributed by atoms with Gasteiger partial charge in [-0.05, 0) is 24.1 Å². The number of hydrogen-bond donors (Lipinski definition) is 1. The molecule has 114 valence electrons. The van der Waals surface area contributed by atoms with Gasteiger partial charge in [-0.25, -0.2) is 4.98 Å². The van der Waals surface area contributed by atoms with Gasteiger partial charge in [0.05, 0.1) is 19.2 Å². The smallest absolute Gasteiger partial charge is 0.226 e. The maximum atomic E-state index is 11.9. The molecular formula is C16H17N3O2S. The van der Waals surface area contributed by atoms with Crippen LogP contribution in [0.25, 0.3) is 4.96 Å². The van der Waals surface area contributed by atoms with E-state index >= 15 is 0 Å². The molecular weight excluding hydrogens is 298 g/mol. The molecule has 0 aliphatic heterocycles. The van der Waals surface area contributed by atoms with Gasteiger partial charge in [0.15, 0.2) is 4.96 Å². The molecule has 0 saturated carbocycles. The van der Waals surface area contributed by atoms with Gasteiger partial charge in [-0.15, -0.1) is 11.3 Å². The highest BCUT2D eigenvalue weighted by Crippen LogP contribution is 2.12. The molecule has 0 fully saturated rings. The van der Waals surface area contributed by atoms with Crippen LogP contribution in [0.15, 0.2) is 42.0 Å². The van der Waals surface area contributed by atoms with Gasteiger partial charge in [0.2, 0.25) is 5.91 Å². The average molecular weight is 315 g/mol. The van der Waals surface area contributed by atoms with Crippen molar-refractivity contribution in [3.8, 4) is 5.75 Å². The van der Waals surface area contributed by atoms with Gasteiger partial charge in [0.25, 0.3) is 0 Å². The van der Waals surface area contributed by atoms with E-state index in [1.807, 2.05) is 46.4 Å². The van der Waals surface area contributed by atoms with Crippen LogP contribution in [-0.2, 0) is 17.6 Å². The Bertz CT molecular complexity index is 733. The van der Waals surface area contributed by atoms with Crippen LogP contribution in [0.1, 0.15) is 11.3 Å². The SMILES string of the molecule is COc1ccc(CCNC(=O)Cc2cn3ccsc3n2)cc1. The summed E-state index contributed by atoms with van der Waals surface area (Å²) >= 11 is 1.56. The van der Waals surface area contributed by atoms with E-state index in [9.17, 15) is 4.79 Å². The second-order valence-corrected chi connectivity index (χ2v) is 5.82. The van der Waals surface area contributed by atoms with Crippen molar-refractivity contribution in [3.63, 3.8) is 0 Å². The first-order valence-electron chi connectivity index (χ1n) is 7.05. The summed E-state index contributed by atoms with van der Waals surface area (Å²) in [6, 6.07) is 7.87. The molecule has 0 radical (unpaired) electrons. The molecule has 1 N–H and O–H groups in total. The van der Waals surface area contributed by atoms with Crippen molar-refractivity contribution in [2.24, 2.45) is 0 Å². The molecule has 0 bridgehead atoms. The Kier molecular flexibility index (Phi) is 4.39. The van der Waals surface area contributed by atoms with Crippen LogP contribution >= 0.6 is 11.3 Å². The number of nitrogens with one attached hydrogen (secondary N) is 1. The Balaban J connectivity index is 1.46. The Morgan fingerprint density at radius 1 is 1.36 bits per heavy atom. The van der Waals surface area contributed by atoms with Crippen LogP contribution in [0.2, 0.25) is 0 Å². The van der Waals surface area contributed by atoms with Crippen molar-refractivity contribution >= 4 is 22.2 Å². The third-order valence-corrected chi connectivity index (χ3v) is 4.15. The number of hydrogen-bond acceptors (Lipinski definition) is 4. The lowest BCUT2D eigenvalue weighted by Crippen LogP contribution is -2.27. The van der Waals surface area contributed by atoms with Crippen molar-refractivity contribution in [1.82, 2.24) is 14.7 Å². The summed E-state index contributed by atoms with van der Waals surface area (Å²) in [5, 5.41) is 4.90. The minimum atomic E-state index is -0.000681. The van der Waals surface area contributed by atoms with Crippen molar-refractivity contribution < 1.29 is 9.53 Å². The van der Waals surface area contributed by atoms with Crippen molar-refractivity contribution in [1.29, 1.82) is 0 Å². The Hall–Kier alpha value is -2.34. The maximum Gasteiger partial charge on any atom is 0.226 e. The van der Waals surface area contributed by atoms with Crippen LogP contribution in [0.4, 0.5) is 0 Å². The summed E-state index contributed by atoms with van der Waals surface area (Å²) in [5.74, 6) is 0.840. The van der Waals surface area contributed by atoms with Crippen LogP contribution in [0.5, 0.6) is 5.75 Å². The number of imidazole rings is 1. The zero-order valence-electron chi connectivity index (χ0n) is 12.3. The molecule has 0 aliphatic rings. The minimum absolute atomic E-state index is 0.000681. The van der Waals surface area contributed by atoms with E-state index in [2.05, 4.69) is 10.3 Å². The number of rotatable bonds is 6. The third-order valence-electron chi connectivity index (χ3n) is 3.38. The first kappa shape index (κ1) is 14.6. The van der Waals surface area contributed by atoms with Gasteiger partial charge in [0, 0.05) is 24.3 Å². The molecule has 1 amide bonds. The summed E-state index contributed by atoms with van der Waals surface area (Å²) < 4.78 is 7.05. The molecule has 0 spiro atoms. The molecule has 3 rings (SSSR count). The second-order valence-electron chi connectivity index (χ2n) is 4.95. The zero-order chi connectivity index (χ0) is 15.4. The van der Waals surface area contributed by atoms with Crippen LogP contribution in [-0.4, -0.2) is 28.9 Å². The van der Waals surface area contributed by atoms with Crippen LogP contribution in [0, 0.1) is 0 Å². The van der Waals surface area contributed by atoms with Crippen molar-refractivity contribution in [2.75, 3.05) is 13.7 Å². The molecule has 6 heteroatoms. The molecule has 0 atom stereocenters. The number of carbonyl (C=O) groups is 1. The Morgan fingerprint density at radius 2 is 2.18 bits per heavy atom. The molecule has 0 unspecified atom stereocenters. The zero-order valence-corrected chi connectivity index (χ0v) is 13.1. The molecule has 0 aliphatic carbocycles. The molecule has 3 aromatic rings. The first-order valence-corrected chi connectivity index (χ1v) is 7.93. The minimum Gasteiger partial charge on any atom is -0.497 e. The number of amides is 1. The second kappa shape index (κ2) is 6.62. The lowest BCUT2D eigenvalue weighted by molar-refractivity contribution is -0.120. The third kappa shape index (κ3) is 3.46. The molecule has 1 aromatic carbocycles. The van der Waals surface area contributed by atoms with E-state index in [1.54, 1.807) is 18.4 Å². The summed E-state index contributed by atoms with van der Waals surface area (Å²) in [4.78, 5) is 17.2. The summed E-state index contributed by atoms with van der Waals surface area (Å²) in [7, 11) is 1.65. The number of nitrogens with zero attached hydrogens (tertiary/aromatic N) is 2. The number of aromatic nitrogens is 2. The van der Waals surface area contributed by atoms with Gasteiger partial charge in [-0.3, -0.25) is 9.20 Å². The molecule has 2 aromatic heterocycles. The van der Waals surface area contributed by atoms with Gasteiger partial charge in [0.1, 0.15) is 5.75 Å². The number of methoxy groups -OCH3 is 1. The van der Waals surface area contributed by atoms with Crippen LogP contribution in [0.3, 0.4) is 0 Å². The van der Waals surface area contributed by atoms with E-state index in [-0.39, 0.29) is 5.91 Å². The fourth-order valence-electron chi connectivity index (χ4n) is 2.23. The van der Waals surface area contributed by atoms with Gasteiger partial charge in [-0.2, -0.15) is 0 Å². The molecule has 0 saturated heterocycles. The Morgan fingerprint density at radius 3 is 2.91 bits per heavy atom. The highest BCUT2D eigenvalue weighted by Gasteiger charge is 2.07. The lowest BCUT2D eigenvalue weighted by atomic mass is 10.1. The van der Waals surface area contributed by atoms with Gasteiger partial charge < -0.3 is 10.1 Å². The summed E-state index contributed by atoms with van der Waals surface area (Å²) in [6.45, 7) is 0.618. The number of ether oxygens (including phenoxy) is 1. The topological polar surface area (TPSA) is 55.6 Å². The van der Waals surface area contributed by atoms with Gasteiger partial charge in [-0.1, -0.05) is 12.1 Å². The number of fused-ring (bicyclic) bond motifs is 1. The van der Waals surface area contributed by atoms with E-state index < -0.39 is 0 Å². The predicted molar refractivity (Wildman–Crippen MR) is 86.5 cm³/mol. The van der Waals surface area contributed by atoms with Gasteiger partial charge >= 0.3 is 0 Å². The van der Waals surface area contributed by atoms with E-state index in [4.69, 9.17) is 4.74 Å². The van der Waals surface area contributed by atoms with E-state index in [0.29, 0.717) is 13.0 Å². The number of carbonyl (C=O) groups excluding carboxylic acids is 1. The highest BCUT2D eigenvalue weighted by molar-refractivity contribution is 7.15. The summed E-state index contributed by atoms with van der Waals surface area (Å²) in [5.41, 5.74) is 1.97. The highest BCUT2D eigenvalue weighted by atomic mass is 32.1. The van der Waals surface area contributed by atoms with Crippen molar-refractivity contribution in [3.05, 3.63) is 53.3 Å². The lowest BCUT2D eigenvalue weighted by Gasteiger charge is -2.05. The quantitative estimate of drug-likeness (QED) is 0.759.